The average molecular weight is 391 g/mol. The van der Waals surface area contributed by atoms with Crippen molar-refractivity contribution in [3.8, 4) is 11.8 Å². The lowest BCUT2D eigenvalue weighted by Crippen LogP contribution is -2.56. The zero-order valence-corrected chi connectivity index (χ0v) is 16.4. The molecule has 1 amide bonds. The Bertz CT molecular complexity index is 849. The van der Waals surface area contributed by atoms with E-state index in [2.05, 4.69) is 11.0 Å². The van der Waals surface area contributed by atoms with E-state index in [1.54, 1.807) is 12.1 Å². The van der Waals surface area contributed by atoms with Crippen molar-refractivity contribution in [3.63, 3.8) is 0 Å². The first-order valence-electron chi connectivity index (χ1n) is 10.1. The maximum Gasteiger partial charge on any atom is 0.410 e. The van der Waals surface area contributed by atoms with Crippen LogP contribution in [0.15, 0.2) is 54.6 Å². The molecule has 0 radical (unpaired) electrons. The summed E-state index contributed by atoms with van der Waals surface area (Å²) in [6, 6.07) is 19.8. The molecule has 2 aromatic rings. The van der Waals surface area contributed by atoms with Gasteiger partial charge in [-0.1, -0.05) is 30.3 Å². The summed E-state index contributed by atoms with van der Waals surface area (Å²) in [4.78, 5) is 16.8. The number of carbonyl (C=O) groups excluding carboxylic acids is 1. The topological polar surface area (TPSA) is 65.8 Å². The molecule has 2 aromatic carbocycles. The second-order valence-electron chi connectivity index (χ2n) is 7.55. The molecule has 2 atom stereocenters. The van der Waals surface area contributed by atoms with E-state index >= 15 is 0 Å². The SMILES string of the molecule is N#Cc1ccc(OCCN2C3CCC2CN(C(=O)OCc2ccccc2)C3)cc1. The molecule has 2 aliphatic heterocycles. The largest absolute Gasteiger partial charge is 0.492 e. The number of nitrogens with zero attached hydrogens (tertiary/aromatic N) is 3. The fraction of sp³-hybridized carbons (Fsp3) is 0.391. The van der Waals surface area contributed by atoms with Crippen LogP contribution in [0.2, 0.25) is 0 Å². The molecule has 2 fully saturated rings. The smallest absolute Gasteiger partial charge is 0.410 e. The van der Waals surface area contributed by atoms with Crippen LogP contribution in [0.4, 0.5) is 4.79 Å². The number of nitriles is 1. The lowest BCUT2D eigenvalue weighted by Gasteiger charge is -2.40. The molecule has 0 saturated carbocycles. The van der Waals surface area contributed by atoms with Crippen LogP contribution < -0.4 is 4.74 Å². The molecule has 0 N–H and O–H groups in total. The monoisotopic (exact) mass is 391 g/mol. The van der Waals surface area contributed by atoms with Gasteiger partial charge in [0.1, 0.15) is 19.0 Å². The Kier molecular flexibility index (Phi) is 5.97. The third-order valence-corrected chi connectivity index (χ3v) is 5.70. The molecular weight excluding hydrogens is 366 g/mol. The highest BCUT2D eigenvalue weighted by atomic mass is 16.6. The quantitative estimate of drug-likeness (QED) is 0.755. The Morgan fingerprint density at radius 1 is 1.03 bits per heavy atom. The van der Waals surface area contributed by atoms with Crippen molar-refractivity contribution in [2.24, 2.45) is 0 Å². The van der Waals surface area contributed by atoms with Gasteiger partial charge in [-0.05, 0) is 42.7 Å². The third kappa shape index (κ3) is 4.69. The second kappa shape index (κ2) is 8.97. The number of carbonyl (C=O) groups is 1. The zero-order chi connectivity index (χ0) is 20.1. The summed E-state index contributed by atoms with van der Waals surface area (Å²) in [5.74, 6) is 0.777. The lowest BCUT2D eigenvalue weighted by atomic mass is 10.2. The second-order valence-corrected chi connectivity index (χ2v) is 7.55. The Hall–Kier alpha value is -3.04. The number of hydrogen-bond acceptors (Lipinski definition) is 5. The molecule has 150 valence electrons. The van der Waals surface area contributed by atoms with E-state index < -0.39 is 0 Å². The summed E-state index contributed by atoms with van der Waals surface area (Å²) in [5, 5.41) is 8.86. The normalized spacial score (nSPS) is 20.9. The molecule has 2 heterocycles. The molecule has 29 heavy (non-hydrogen) atoms. The molecule has 0 aromatic heterocycles. The average Bonchev–Trinajstić information content (AvgIpc) is 3.00. The summed E-state index contributed by atoms with van der Waals surface area (Å²) in [7, 11) is 0. The molecule has 0 aliphatic carbocycles. The number of ether oxygens (including phenoxy) is 2. The predicted octanol–water partition coefficient (Wildman–Crippen LogP) is 3.42. The van der Waals surface area contributed by atoms with Gasteiger partial charge in [0.15, 0.2) is 0 Å². The summed E-state index contributed by atoms with van der Waals surface area (Å²) >= 11 is 0. The highest BCUT2D eigenvalue weighted by Gasteiger charge is 2.41. The van der Waals surface area contributed by atoms with Gasteiger partial charge in [0.05, 0.1) is 11.6 Å². The van der Waals surface area contributed by atoms with E-state index in [-0.39, 0.29) is 6.09 Å². The first kappa shape index (κ1) is 19.3. The number of benzene rings is 2. The van der Waals surface area contributed by atoms with E-state index in [1.165, 1.54) is 0 Å². The van der Waals surface area contributed by atoms with E-state index in [0.29, 0.717) is 44.0 Å². The first-order valence-corrected chi connectivity index (χ1v) is 10.1. The van der Waals surface area contributed by atoms with Crippen LogP contribution >= 0.6 is 0 Å². The molecule has 0 spiro atoms. The highest BCUT2D eigenvalue weighted by molar-refractivity contribution is 5.68. The van der Waals surface area contributed by atoms with Crippen LogP contribution in [-0.2, 0) is 11.3 Å². The molecule has 2 bridgehead atoms. The maximum atomic E-state index is 12.5. The van der Waals surface area contributed by atoms with Crippen LogP contribution in [0.3, 0.4) is 0 Å². The molecule has 2 saturated heterocycles. The van der Waals surface area contributed by atoms with Crippen LogP contribution in [0, 0.1) is 11.3 Å². The van der Waals surface area contributed by atoms with Crippen molar-refractivity contribution in [1.82, 2.24) is 9.80 Å². The van der Waals surface area contributed by atoms with Crippen LogP contribution in [-0.4, -0.2) is 54.2 Å². The molecule has 2 unspecified atom stereocenters. The van der Waals surface area contributed by atoms with Crippen molar-refractivity contribution < 1.29 is 14.3 Å². The van der Waals surface area contributed by atoms with Gasteiger partial charge in [-0.15, -0.1) is 0 Å². The van der Waals surface area contributed by atoms with E-state index in [1.807, 2.05) is 47.4 Å². The van der Waals surface area contributed by atoms with Crippen molar-refractivity contribution in [1.29, 1.82) is 5.26 Å². The molecule has 6 heteroatoms. The fourth-order valence-electron chi connectivity index (χ4n) is 4.21. The molecule has 4 rings (SSSR count). The van der Waals surface area contributed by atoms with Crippen LogP contribution in [0.1, 0.15) is 24.0 Å². The number of hydrogen-bond donors (Lipinski definition) is 0. The first-order chi connectivity index (χ1) is 14.2. The van der Waals surface area contributed by atoms with Gasteiger partial charge in [-0.3, -0.25) is 4.90 Å². The van der Waals surface area contributed by atoms with Gasteiger partial charge >= 0.3 is 6.09 Å². The standard InChI is InChI=1S/C23H25N3O3/c24-14-18-6-10-22(11-7-18)28-13-12-26-20-8-9-21(26)16-25(15-20)23(27)29-17-19-4-2-1-3-5-19/h1-7,10-11,20-21H,8-9,12-13,15-17H2. The minimum atomic E-state index is -0.223. The van der Waals surface area contributed by atoms with Crippen LogP contribution in [0.5, 0.6) is 5.75 Å². The summed E-state index contributed by atoms with van der Waals surface area (Å²) in [6.45, 7) is 3.16. The van der Waals surface area contributed by atoms with E-state index in [0.717, 1.165) is 30.7 Å². The molecule has 2 aliphatic rings. The number of amides is 1. The van der Waals surface area contributed by atoms with Gasteiger partial charge in [0.25, 0.3) is 0 Å². The van der Waals surface area contributed by atoms with Crippen molar-refractivity contribution >= 4 is 6.09 Å². The Balaban J connectivity index is 1.24. The fourth-order valence-corrected chi connectivity index (χ4v) is 4.21. The minimum Gasteiger partial charge on any atom is -0.492 e. The molecule has 6 nitrogen and oxygen atoms in total. The number of rotatable bonds is 6. The van der Waals surface area contributed by atoms with Gasteiger partial charge < -0.3 is 14.4 Å². The van der Waals surface area contributed by atoms with Crippen molar-refractivity contribution in [2.75, 3.05) is 26.2 Å². The van der Waals surface area contributed by atoms with Gasteiger partial charge in [-0.25, -0.2) is 4.79 Å². The van der Waals surface area contributed by atoms with Crippen molar-refractivity contribution in [3.05, 3.63) is 65.7 Å². The highest BCUT2D eigenvalue weighted by Crippen LogP contribution is 2.30. The summed E-state index contributed by atoms with van der Waals surface area (Å²) in [5.41, 5.74) is 1.63. The zero-order valence-electron chi connectivity index (χ0n) is 16.4. The maximum absolute atomic E-state index is 12.5. The Morgan fingerprint density at radius 3 is 2.38 bits per heavy atom. The number of likely N-dealkylation sites (tertiary alicyclic amines) is 1. The summed E-state index contributed by atoms with van der Waals surface area (Å²) in [6.07, 6.45) is 1.98. The number of fused-ring (bicyclic) bond motifs is 2. The lowest BCUT2D eigenvalue weighted by molar-refractivity contribution is 0.0373. The van der Waals surface area contributed by atoms with Gasteiger partial charge in [0, 0.05) is 31.7 Å². The Labute approximate surface area is 171 Å². The van der Waals surface area contributed by atoms with E-state index in [4.69, 9.17) is 14.7 Å². The van der Waals surface area contributed by atoms with Gasteiger partial charge in [-0.2, -0.15) is 5.26 Å². The Morgan fingerprint density at radius 2 is 1.72 bits per heavy atom. The minimum absolute atomic E-state index is 0.223. The third-order valence-electron chi connectivity index (χ3n) is 5.70. The predicted molar refractivity (Wildman–Crippen MR) is 108 cm³/mol. The van der Waals surface area contributed by atoms with Crippen molar-refractivity contribution in [2.45, 2.75) is 31.5 Å². The van der Waals surface area contributed by atoms with Crippen LogP contribution in [0.25, 0.3) is 0 Å². The summed E-state index contributed by atoms with van der Waals surface area (Å²) < 4.78 is 11.3. The van der Waals surface area contributed by atoms with Gasteiger partial charge in [0.2, 0.25) is 0 Å². The van der Waals surface area contributed by atoms with E-state index in [9.17, 15) is 4.79 Å². The molecular formula is C23H25N3O3. The number of piperazine rings is 1.